The van der Waals surface area contributed by atoms with Gasteiger partial charge in [-0.05, 0) is 25.1 Å². The van der Waals surface area contributed by atoms with Gasteiger partial charge >= 0.3 is 11.9 Å². The fourth-order valence-electron chi connectivity index (χ4n) is 1.83. The number of nitrogens with one attached hydrogen (secondary N) is 2. The van der Waals surface area contributed by atoms with Crippen LogP contribution in [0.5, 0.6) is 5.75 Å². The average molecular weight is 483 g/mol. The maximum absolute atomic E-state index is 11.7. The lowest BCUT2D eigenvalue weighted by Crippen LogP contribution is -2.41. The van der Waals surface area contributed by atoms with Gasteiger partial charge < -0.3 is 20.6 Å². The van der Waals surface area contributed by atoms with E-state index >= 15 is 0 Å². The molecule has 0 aliphatic rings. The van der Waals surface area contributed by atoms with E-state index in [1.807, 2.05) is 0 Å². The van der Waals surface area contributed by atoms with Crippen LogP contribution >= 0.6 is 25.3 Å². The van der Waals surface area contributed by atoms with Crippen LogP contribution in [0.15, 0.2) is 23.1 Å². The summed E-state index contributed by atoms with van der Waals surface area (Å²) >= 11 is 7.53. The number of aromatic carboxylic acids is 1. The monoisotopic (exact) mass is 482 g/mol. The van der Waals surface area contributed by atoms with E-state index < -0.39 is 51.6 Å². The predicted molar refractivity (Wildman–Crippen MR) is 113 cm³/mol. The van der Waals surface area contributed by atoms with Gasteiger partial charge in [-0.2, -0.15) is 25.3 Å². The normalized spacial score (nSPS) is 11.6. The molecule has 0 spiro atoms. The van der Waals surface area contributed by atoms with Crippen LogP contribution in [-0.4, -0.2) is 71.5 Å². The third-order valence-corrected chi connectivity index (χ3v) is 5.23. The van der Waals surface area contributed by atoms with Gasteiger partial charge in [-0.3, -0.25) is 14.4 Å². The molecule has 1 amide bonds. The second-order valence-electron chi connectivity index (χ2n) is 5.59. The Morgan fingerprint density at radius 2 is 1.73 bits per heavy atom. The van der Waals surface area contributed by atoms with Crippen molar-refractivity contribution in [2.75, 3.05) is 18.1 Å². The molecule has 0 aliphatic heterocycles. The number of thiol groups is 2. The Kier molecular flexibility index (Phi) is 12.1. The number of aliphatic carboxylic acids is 1. The van der Waals surface area contributed by atoms with E-state index in [2.05, 4.69) is 35.3 Å². The van der Waals surface area contributed by atoms with Crippen LogP contribution in [0, 0.1) is 0 Å². The van der Waals surface area contributed by atoms with Gasteiger partial charge in [0.1, 0.15) is 11.3 Å². The summed E-state index contributed by atoms with van der Waals surface area (Å²) in [6, 6.07) is 2.11. The second kappa shape index (κ2) is 13.1. The van der Waals surface area contributed by atoms with E-state index in [-0.39, 0.29) is 23.0 Å². The lowest BCUT2D eigenvalue weighted by molar-refractivity contribution is -0.139. The zero-order valence-electron chi connectivity index (χ0n) is 15.7. The van der Waals surface area contributed by atoms with Gasteiger partial charge in [0.25, 0.3) is 0 Å². The summed E-state index contributed by atoms with van der Waals surface area (Å²) in [5, 5.41) is 28.6. The van der Waals surface area contributed by atoms with Crippen LogP contribution < -0.4 is 10.0 Å². The minimum Gasteiger partial charge on any atom is -0.507 e. The molecule has 1 aromatic carbocycles. The lowest BCUT2D eigenvalue weighted by Gasteiger charge is -2.12. The summed E-state index contributed by atoms with van der Waals surface area (Å²) in [5.41, 5.74) is -0.459. The van der Waals surface area contributed by atoms with Crippen molar-refractivity contribution in [1.82, 2.24) is 10.0 Å². The number of aromatic hydroxyl groups is 1. The number of phenols is 1. The summed E-state index contributed by atoms with van der Waals surface area (Å²) in [4.78, 5) is 42.4. The van der Waals surface area contributed by atoms with Gasteiger partial charge in [-0.1, -0.05) is 0 Å². The molecule has 5 N–H and O–H groups in total. The van der Waals surface area contributed by atoms with Crippen molar-refractivity contribution >= 4 is 58.9 Å². The molecule has 0 heterocycles. The van der Waals surface area contributed by atoms with Crippen molar-refractivity contribution in [2.24, 2.45) is 0 Å². The molecule has 0 bridgehead atoms. The van der Waals surface area contributed by atoms with Crippen LogP contribution in [0.3, 0.4) is 0 Å². The number of carboxylic acid groups (broad SMARTS) is 2. The molecule has 1 rings (SSSR count). The van der Waals surface area contributed by atoms with Crippen molar-refractivity contribution < 1.29 is 42.9 Å². The number of rotatable bonds is 10. The van der Waals surface area contributed by atoms with E-state index in [0.29, 0.717) is 5.75 Å². The molecule has 0 radical (unpaired) electrons. The highest BCUT2D eigenvalue weighted by molar-refractivity contribution is 7.89. The van der Waals surface area contributed by atoms with Crippen molar-refractivity contribution in [3.63, 3.8) is 0 Å². The smallest absolute Gasteiger partial charge is 0.339 e. The Labute approximate surface area is 183 Å². The number of benzene rings is 1. The van der Waals surface area contributed by atoms with Crippen LogP contribution in [0.1, 0.15) is 23.7 Å². The summed E-state index contributed by atoms with van der Waals surface area (Å²) in [6.07, 6.45) is -0.394. The number of hydrogen-bond acceptors (Lipinski definition) is 9. The van der Waals surface area contributed by atoms with Gasteiger partial charge in [-0.15, -0.1) is 0 Å². The molecule has 1 atom stereocenters. The van der Waals surface area contributed by atoms with E-state index in [4.69, 9.17) is 10.2 Å². The van der Waals surface area contributed by atoms with Crippen molar-refractivity contribution in [1.29, 1.82) is 0 Å². The highest BCUT2D eigenvalue weighted by atomic mass is 32.2. The standard InChI is InChI=1S/C9H11NO5S2.C7H11NO4S/c11-8-2-1-6(5-7(8)9(12)13)17(14,15)10-3-4-16;1-4(9)5(2-7(11)12)8-6(10)3-13/h1-2,5,10-11,16H,3-4H2,(H,12,13);5,13H,2-3H2,1H3,(H,8,10)(H,11,12)/t;5-/m.0/s1. The van der Waals surface area contributed by atoms with Gasteiger partial charge in [0, 0.05) is 12.3 Å². The molecule has 0 saturated heterocycles. The fraction of sp³-hybridized carbons (Fsp3) is 0.375. The molecule has 30 heavy (non-hydrogen) atoms. The predicted octanol–water partition coefficient (Wildman–Crippen LogP) is -0.237. The average Bonchev–Trinajstić information content (AvgIpc) is 2.65. The van der Waals surface area contributed by atoms with Crippen LogP contribution in [-0.2, 0) is 24.4 Å². The summed E-state index contributed by atoms with van der Waals surface area (Å²) in [5.74, 6) is -3.58. The van der Waals surface area contributed by atoms with Crippen molar-refractivity contribution in [2.45, 2.75) is 24.3 Å². The van der Waals surface area contributed by atoms with E-state index in [1.54, 1.807) is 0 Å². The largest absolute Gasteiger partial charge is 0.507 e. The minimum absolute atomic E-state index is 0.0661. The first-order chi connectivity index (χ1) is 13.8. The first kappa shape index (κ1) is 27.7. The molecular weight excluding hydrogens is 460 g/mol. The number of ketones is 1. The molecule has 1 aromatic rings. The molecule has 0 aliphatic carbocycles. The molecule has 0 unspecified atom stereocenters. The van der Waals surface area contributed by atoms with Crippen molar-refractivity contribution in [3.05, 3.63) is 23.8 Å². The number of Topliss-reactive ketones (excluding diaryl/α,β-unsaturated/α-hetero) is 1. The Morgan fingerprint density at radius 3 is 2.17 bits per heavy atom. The quantitative estimate of drug-likeness (QED) is 0.221. The Bertz CT molecular complexity index is 888. The fourth-order valence-corrected chi connectivity index (χ4v) is 3.24. The summed E-state index contributed by atoms with van der Waals surface area (Å²) in [6.45, 7) is 1.36. The highest BCUT2D eigenvalue weighted by Gasteiger charge is 2.19. The van der Waals surface area contributed by atoms with Crippen molar-refractivity contribution in [3.8, 4) is 5.75 Å². The SMILES string of the molecule is CC(=O)[C@H](CC(=O)O)NC(=O)CS.O=C(O)c1cc(S(=O)(=O)NCCS)ccc1O. The highest BCUT2D eigenvalue weighted by Crippen LogP contribution is 2.21. The zero-order valence-corrected chi connectivity index (χ0v) is 18.3. The van der Waals surface area contributed by atoms with Crippen LogP contribution in [0.2, 0.25) is 0 Å². The summed E-state index contributed by atoms with van der Waals surface area (Å²) in [7, 11) is -3.77. The summed E-state index contributed by atoms with van der Waals surface area (Å²) < 4.78 is 25.5. The number of amides is 1. The van der Waals surface area contributed by atoms with E-state index in [1.165, 1.54) is 6.92 Å². The molecule has 0 aromatic heterocycles. The maximum atomic E-state index is 11.7. The molecular formula is C16H22N2O9S3. The Hall–Kier alpha value is -2.29. The number of sulfonamides is 1. The third-order valence-electron chi connectivity index (χ3n) is 3.26. The number of carbonyl (C=O) groups excluding carboxylic acids is 2. The molecule has 168 valence electrons. The van der Waals surface area contributed by atoms with E-state index in [0.717, 1.165) is 18.2 Å². The van der Waals surface area contributed by atoms with Gasteiger partial charge in [0.15, 0.2) is 5.78 Å². The minimum atomic E-state index is -3.77. The topological polar surface area (TPSA) is 187 Å². The molecule has 14 heteroatoms. The Balaban J connectivity index is 0.000000584. The third kappa shape index (κ3) is 9.96. The van der Waals surface area contributed by atoms with E-state index in [9.17, 15) is 32.7 Å². The number of hydrogen-bond donors (Lipinski definition) is 7. The van der Waals surface area contributed by atoms with Crippen LogP contribution in [0.25, 0.3) is 0 Å². The zero-order chi connectivity index (χ0) is 23.5. The Morgan fingerprint density at radius 1 is 1.13 bits per heavy atom. The van der Waals surface area contributed by atoms with Gasteiger partial charge in [-0.25, -0.2) is 17.9 Å². The van der Waals surface area contributed by atoms with Gasteiger partial charge in [0.2, 0.25) is 15.9 Å². The molecule has 0 saturated carbocycles. The second-order valence-corrected chi connectivity index (χ2v) is 8.12. The molecule has 0 fully saturated rings. The lowest BCUT2D eigenvalue weighted by atomic mass is 10.1. The number of carboxylic acids is 2. The number of carbonyl (C=O) groups is 4. The molecule has 11 nitrogen and oxygen atoms in total. The first-order valence-electron chi connectivity index (χ1n) is 8.15. The maximum Gasteiger partial charge on any atom is 0.339 e. The first-order valence-corrected chi connectivity index (χ1v) is 10.9. The van der Waals surface area contributed by atoms with Crippen LogP contribution in [0.4, 0.5) is 0 Å². The van der Waals surface area contributed by atoms with Gasteiger partial charge in [0.05, 0.1) is 23.1 Å².